The molecular formula is C15H17N3OS2. The maximum atomic E-state index is 12.4. The number of amides is 1. The molecule has 1 aliphatic carbocycles. The maximum absolute atomic E-state index is 12.4. The molecule has 0 fully saturated rings. The molecule has 4 nitrogen and oxygen atoms in total. The third-order valence-electron chi connectivity index (χ3n) is 3.67. The van der Waals surface area contributed by atoms with E-state index in [0.29, 0.717) is 0 Å². The molecule has 6 heteroatoms. The summed E-state index contributed by atoms with van der Waals surface area (Å²) >= 11 is 2.93. The highest BCUT2D eigenvalue weighted by atomic mass is 32.2. The van der Waals surface area contributed by atoms with E-state index in [4.69, 9.17) is 0 Å². The molecule has 21 heavy (non-hydrogen) atoms. The van der Waals surface area contributed by atoms with Crippen LogP contribution in [0.4, 0.5) is 0 Å². The van der Waals surface area contributed by atoms with Crippen molar-refractivity contribution >= 4 is 29.0 Å². The molecule has 1 aliphatic rings. The van der Waals surface area contributed by atoms with Gasteiger partial charge in [0.1, 0.15) is 5.51 Å². The van der Waals surface area contributed by atoms with Gasteiger partial charge >= 0.3 is 0 Å². The predicted octanol–water partition coefficient (Wildman–Crippen LogP) is 3.21. The molecule has 1 heterocycles. The highest BCUT2D eigenvalue weighted by Gasteiger charge is 2.24. The first-order valence-corrected chi connectivity index (χ1v) is 8.81. The van der Waals surface area contributed by atoms with Gasteiger partial charge in [-0.15, -0.1) is 10.2 Å². The molecule has 1 N–H and O–H groups in total. The number of aromatic nitrogens is 2. The number of rotatable bonds is 4. The van der Waals surface area contributed by atoms with E-state index < -0.39 is 0 Å². The van der Waals surface area contributed by atoms with Crippen LogP contribution in [-0.4, -0.2) is 21.4 Å². The van der Waals surface area contributed by atoms with E-state index in [-0.39, 0.29) is 17.2 Å². The zero-order valence-electron chi connectivity index (χ0n) is 11.8. The zero-order valence-corrected chi connectivity index (χ0v) is 13.4. The molecule has 3 rings (SSSR count). The molecule has 1 amide bonds. The average Bonchev–Trinajstić information content (AvgIpc) is 3.00. The topological polar surface area (TPSA) is 54.9 Å². The van der Waals surface area contributed by atoms with E-state index in [1.165, 1.54) is 34.2 Å². The van der Waals surface area contributed by atoms with Gasteiger partial charge in [0.2, 0.25) is 5.91 Å². The highest BCUT2D eigenvalue weighted by molar-refractivity contribution is 8.02. The van der Waals surface area contributed by atoms with Crippen molar-refractivity contribution in [3.05, 3.63) is 40.9 Å². The molecule has 2 atom stereocenters. The fraction of sp³-hybridized carbons (Fsp3) is 0.400. The highest BCUT2D eigenvalue weighted by Crippen LogP contribution is 2.30. The van der Waals surface area contributed by atoms with Gasteiger partial charge in [-0.2, -0.15) is 0 Å². The molecule has 1 aromatic heterocycles. The van der Waals surface area contributed by atoms with Gasteiger partial charge in [-0.25, -0.2) is 0 Å². The Morgan fingerprint density at radius 1 is 1.48 bits per heavy atom. The van der Waals surface area contributed by atoms with E-state index in [2.05, 4.69) is 33.7 Å². The third kappa shape index (κ3) is 3.44. The summed E-state index contributed by atoms with van der Waals surface area (Å²) < 4.78 is 0.835. The molecule has 0 aliphatic heterocycles. The van der Waals surface area contributed by atoms with Crippen molar-refractivity contribution in [1.29, 1.82) is 0 Å². The van der Waals surface area contributed by atoms with Crippen LogP contribution in [0.1, 0.15) is 36.9 Å². The summed E-state index contributed by atoms with van der Waals surface area (Å²) in [6.07, 6.45) is 3.25. The van der Waals surface area contributed by atoms with Crippen molar-refractivity contribution in [2.45, 2.75) is 41.8 Å². The second kappa shape index (κ2) is 6.58. The van der Waals surface area contributed by atoms with Crippen molar-refractivity contribution in [1.82, 2.24) is 15.5 Å². The quantitative estimate of drug-likeness (QED) is 0.879. The van der Waals surface area contributed by atoms with Crippen LogP contribution in [0.15, 0.2) is 34.1 Å². The Balaban J connectivity index is 1.65. The minimum absolute atomic E-state index is 0.0666. The van der Waals surface area contributed by atoms with E-state index in [0.717, 1.165) is 23.6 Å². The van der Waals surface area contributed by atoms with E-state index in [9.17, 15) is 4.79 Å². The molecule has 1 aromatic carbocycles. The van der Waals surface area contributed by atoms with E-state index in [1.807, 2.05) is 13.0 Å². The average molecular weight is 319 g/mol. The predicted molar refractivity (Wildman–Crippen MR) is 85.5 cm³/mol. The molecule has 0 radical (unpaired) electrons. The van der Waals surface area contributed by atoms with Gasteiger partial charge in [-0.1, -0.05) is 47.4 Å². The van der Waals surface area contributed by atoms with Gasteiger partial charge in [-0.05, 0) is 37.3 Å². The molecule has 0 unspecified atom stereocenters. The molecule has 0 saturated carbocycles. The lowest BCUT2D eigenvalue weighted by molar-refractivity contribution is -0.121. The Labute approximate surface area is 132 Å². The fourth-order valence-corrected chi connectivity index (χ4v) is 4.25. The Hall–Kier alpha value is -1.40. The van der Waals surface area contributed by atoms with Crippen LogP contribution in [0, 0.1) is 0 Å². The summed E-state index contributed by atoms with van der Waals surface area (Å²) in [4.78, 5) is 12.4. The van der Waals surface area contributed by atoms with Gasteiger partial charge in [0.05, 0.1) is 11.3 Å². The Morgan fingerprint density at radius 3 is 3.14 bits per heavy atom. The first-order valence-electron chi connectivity index (χ1n) is 7.05. The number of benzene rings is 1. The van der Waals surface area contributed by atoms with Crippen molar-refractivity contribution in [3.63, 3.8) is 0 Å². The number of thioether (sulfide) groups is 1. The zero-order chi connectivity index (χ0) is 14.7. The van der Waals surface area contributed by atoms with Crippen molar-refractivity contribution in [3.8, 4) is 0 Å². The third-order valence-corrected chi connectivity index (χ3v) is 5.58. The Morgan fingerprint density at radius 2 is 2.33 bits per heavy atom. The van der Waals surface area contributed by atoms with Gasteiger partial charge in [0.25, 0.3) is 0 Å². The first-order chi connectivity index (χ1) is 10.2. The lowest BCUT2D eigenvalue weighted by Crippen LogP contribution is -2.35. The van der Waals surface area contributed by atoms with Gasteiger partial charge in [0, 0.05) is 0 Å². The second-order valence-corrected chi connectivity index (χ2v) is 7.54. The van der Waals surface area contributed by atoms with Gasteiger partial charge in [0.15, 0.2) is 4.34 Å². The normalized spacial score (nSPS) is 18.8. The van der Waals surface area contributed by atoms with Crippen molar-refractivity contribution in [2.24, 2.45) is 0 Å². The molecule has 0 bridgehead atoms. The fourth-order valence-electron chi connectivity index (χ4n) is 2.61. The summed E-state index contributed by atoms with van der Waals surface area (Å²) in [5, 5.41) is 10.8. The number of hydrogen-bond acceptors (Lipinski definition) is 5. The van der Waals surface area contributed by atoms with Crippen LogP contribution in [0.3, 0.4) is 0 Å². The largest absolute Gasteiger partial charge is 0.348 e. The Kier molecular flexibility index (Phi) is 4.55. The molecular weight excluding hydrogens is 302 g/mol. The molecule has 110 valence electrons. The number of aryl methyl sites for hydroxylation is 1. The SMILES string of the molecule is C[C@@H](Sc1nncs1)C(=O)N[C@@H]1CCCc2ccccc21. The van der Waals surface area contributed by atoms with Gasteiger partial charge in [-0.3, -0.25) is 4.79 Å². The summed E-state index contributed by atoms with van der Waals surface area (Å²) in [5.74, 6) is 0.0666. The number of fused-ring (bicyclic) bond motifs is 1. The van der Waals surface area contributed by atoms with Crippen LogP contribution < -0.4 is 5.32 Å². The number of carbonyl (C=O) groups is 1. The van der Waals surface area contributed by atoms with Crippen LogP contribution in [-0.2, 0) is 11.2 Å². The monoisotopic (exact) mass is 319 g/mol. The number of nitrogens with one attached hydrogen (secondary N) is 1. The van der Waals surface area contributed by atoms with E-state index >= 15 is 0 Å². The Bertz CT molecular complexity index is 615. The summed E-state index contributed by atoms with van der Waals surface area (Å²) in [5.41, 5.74) is 4.31. The molecule has 0 spiro atoms. The van der Waals surface area contributed by atoms with Crippen molar-refractivity contribution in [2.75, 3.05) is 0 Å². The second-order valence-electron chi connectivity index (χ2n) is 5.12. The minimum atomic E-state index is -0.160. The number of carbonyl (C=O) groups excluding carboxylic acids is 1. The maximum Gasteiger partial charge on any atom is 0.233 e. The number of hydrogen-bond donors (Lipinski definition) is 1. The number of nitrogens with zero attached hydrogens (tertiary/aromatic N) is 2. The lowest BCUT2D eigenvalue weighted by Gasteiger charge is -2.27. The standard InChI is InChI=1S/C15H17N3OS2/c1-10(21-15-18-16-9-20-15)14(19)17-13-8-4-6-11-5-2-3-7-12(11)13/h2-3,5,7,9-10,13H,4,6,8H2,1H3,(H,17,19)/t10-,13-/m1/s1. The van der Waals surface area contributed by atoms with E-state index in [1.54, 1.807) is 5.51 Å². The molecule has 0 saturated heterocycles. The van der Waals surface area contributed by atoms with Gasteiger partial charge < -0.3 is 5.32 Å². The molecule has 2 aromatic rings. The first kappa shape index (κ1) is 14.5. The lowest BCUT2D eigenvalue weighted by atomic mass is 9.88. The summed E-state index contributed by atoms with van der Waals surface area (Å²) in [6, 6.07) is 8.54. The van der Waals surface area contributed by atoms with Crippen molar-refractivity contribution < 1.29 is 4.79 Å². The smallest absolute Gasteiger partial charge is 0.233 e. The minimum Gasteiger partial charge on any atom is -0.348 e. The van der Waals surface area contributed by atoms with Crippen LogP contribution in [0.25, 0.3) is 0 Å². The van der Waals surface area contributed by atoms with Crippen LogP contribution in [0.5, 0.6) is 0 Å². The van der Waals surface area contributed by atoms with Crippen LogP contribution in [0.2, 0.25) is 0 Å². The summed E-state index contributed by atoms with van der Waals surface area (Å²) in [7, 11) is 0. The van der Waals surface area contributed by atoms with Crippen LogP contribution >= 0.6 is 23.1 Å². The summed E-state index contributed by atoms with van der Waals surface area (Å²) in [6.45, 7) is 1.91.